The van der Waals surface area contributed by atoms with Crippen LogP contribution in [0.15, 0.2) is 24.3 Å². The Hall–Kier alpha value is -2.09. The summed E-state index contributed by atoms with van der Waals surface area (Å²) in [6.07, 6.45) is -4.65. The van der Waals surface area contributed by atoms with E-state index in [1.807, 2.05) is 0 Å². The van der Waals surface area contributed by atoms with Crippen LogP contribution in [0.25, 0.3) is 11.0 Å². The molecule has 2 aromatic rings. The fourth-order valence-corrected chi connectivity index (χ4v) is 2.05. The van der Waals surface area contributed by atoms with Gasteiger partial charge in [0.25, 0.3) is 0 Å². The van der Waals surface area contributed by atoms with E-state index in [1.54, 1.807) is 26.0 Å². The lowest BCUT2D eigenvalue weighted by Crippen LogP contribution is -2.38. The quantitative estimate of drug-likeness (QED) is 0.884. The van der Waals surface area contributed by atoms with Gasteiger partial charge in [0.1, 0.15) is 6.54 Å². The molecule has 0 spiro atoms. The molecule has 0 aliphatic rings. The minimum Gasteiger partial charge on any atom is -0.396 e. The van der Waals surface area contributed by atoms with Crippen LogP contribution in [-0.4, -0.2) is 33.7 Å². The van der Waals surface area contributed by atoms with Gasteiger partial charge in [-0.2, -0.15) is 13.2 Å². The van der Waals surface area contributed by atoms with Gasteiger partial charge in [0.15, 0.2) is 0 Å². The molecule has 8 heteroatoms. The van der Waals surface area contributed by atoms with Gasteiger partial charge >= 0.3 is 6.18 Å². The van der Waals surface area contributed by atoms with Crippen LogP contribution in [0.4, 0.5) is 13.2 Å². The van der Waals surface area contributed by atoms with Gasteiger partial charge in [-0.15, -0.1) is 0 Å². The molecule has 1 amide bonds. The lowest BCUT2D eigenvalue weighted by atomic mass is 9.95. The summed E-state index contributed by atoms with van der Waals surface area (Å²) in [4.78, 5) is 15.6. The van der Waals surface area contributed by atoms with E-state index < -0.39 is 29.9 Å². The third-order valence-corrected chi connectivity index (χ3v) is 3.40. The van der Waals surface area contributed by atoms with Gasteiger partial charge in [-0.25, -0.2) is 4.98 Å². The minimum atomic E-state index is -4.65. The van der Waals surface area contributed by atoms with Gasteiger partial charge in [-0.05, 0) is 12.1 Å². The van der Waals surface area contributed by atoms with Crippen molar-refractivity contribution in [3.63, 3.8) is 0 Å². The molecule has 23 heavy (non-hydrogen) atoms. The summed E-state index contributed by atoms with van der Waals surface area (Å²) in [5, 5.41) is 11.7. The number of hydrogen-bond acceptors (Lipinski definition) is 3. The van der Waals surface area contributed by atoms with Crippen molar-refractivity contribution in [2.75, 3.05) is 13.2 Å². The van der Waals surface area contributed by atoms with Crippen LogP contribution in [-0.2, 0) is 17.5 Å². The predicted molar refractivity (Wildman–Crippen MR) is 78.6 cm³/mol. The van der Waals surface area contributed by atoms with Crippen molar-refractivity contribution in [1.29, 1.82) is 0 Å². The van der Waals surface area contributed by atoms with Crippen LogP contribution in [0.1, 0.15) is 19.7 Å². The average molecular weight is 329 g/mol. The number of amides is 1. The van der Waals surface area contributed by atoms with E-state index in [1.165, 1.54) is 12.1 Å². The molecule has 5 nitrogen and oxygen atoms in total. The number of carbonyl (C=O) groups excluding carboxylic acids is 1. The maximum atomic E-state index is 13.1. The van der Waals surface area contributed by atoms with Crippen LogP contribution >= 0.6 is 0 Å². The van der Waals surface area contributed by atoms with Gasteiger partial charge in [0, 0.05) is 18.6 Å². The molecule has 0 aliphatic carbocycles. The average Bonchev–Trinajstić information content (AvgIpc) is 2.84. The van der Waals surface area contributed by atoms with Crippen LogP contribution in [0.2, 0.25) is 0 Å². The Kier molecular flexibility index (Phi) is 4.65. The molecule has 1 aromatic heterocycles. The second-order valence-corrected chi connectivity index (χ2v) is 6.11. The Labute approximate surface area is 131 Å². The Morgan fingerprint density at radius 1 is 1.30 bits per heavy atom. The van der Waals surface area contributed by atoms with E-state index in [0.29, 0.717) is 0 Å². The number of rotatable bonds is 5. The normalized spacial score (nSPS) is 12.6. The van der Waals surface area contributed by atoms with E-state index in [0.717, 1.165) is 4.57 Å². The Balaban J connectivity index is 2.26. The molecule has 2 rings (SSSR count). The summed E-state index contributed by atoms with van der Waals surface area (Å²) in [5.74, 6) is -1.67. The van der Waals surface area contributed by atoms with Gasteiger partial charge in [0.05, 0.1) is 11.0 Å². The van der Waals surface area contributed by atoms with E-state index in [4.69, 9.17) is 5.11 Å². The molecule has 0 aliphatic heterocycles. The number of imidazole rings is 1. The molecular weight excluding hydrogens is 311 g/mol. The molecular formula is C15H18F3N3O2. The maximum Gasteiger partial charge on any atom is 0.449 e. The second-order valence-electron chi connectivity index (χ2n) is 6.11. The largest absolute Gasteiger partial charge is 0.449 e. The number of aromatic nitrogens is 2. The Bertz CT molecular complexity index is 708. The van der Waals surface area contributed by atoms with Gasteiger partial charge < -0.3 is 15.0 Å². The fraction of sp³-hybridized carbons (Fsp3) is 0.467. The van der Waals surface area contributed by atoms with Crippen molar-refractivity contribution < 1.29 is 23.1 Å². The van der Waals surface area contributed by atoms with Crippen LogP contribution < -0.4 is 5.32 Å². The van der Waals surface area contributed by atoms with Crippen molar-refractivity contribution in [1.82, 2.24) is 14.9 Å². The highest BCUT2D eigenvalue weighted by Gasteiger charge is 2.38. The molecule has 0 fully saturated rings. The summed E-state index contributed by atoms with van der Waals surface area (Å²) in [6, 6.07) is 6.13. The zero-order valence-electron chi connectivity index (χ0n) is 12.8. The van der Waals surface area contributed by atoms with Gasteiger partial charge in [-0.3, -0.25) is 4.79 Å². The number of carbonyl (C=O) groups is 1. The number of fused-ring (bicyclic) bond motifs is 1. The standard InChI is InChI=1S/C15H18F3N3O2/c1-14(2,9-22)8-19-12(23)7-21-11-6-4-3-5-10(11)20-13(21)15(16,17)18/h3-6,22H,7-9H2,1-2H3,(H,19,23). The third kappa shape index (κ3) is 4.01. The topological polar surface area (TPSA) is 67.2 Å². The first-order valence-corrected chi connectivity index (χ1v) is 7.04. The van der Waals surface area contributed by atoms with Crippen LogP contribution in [0.5, 0.6) is 0 Å². The number of para-hydroxylation sites is 2. The first kappa shape index (κ1) is 17.3. The number of nitrogens with zero attached hydrogens (tertiary/aromatic N) is 2. The highest BCUT2D eigenvalue weighted by atomic mass is 19.4. The maximum absolute atomic E-state index is 13.1. The van der Waals surface area contributed by atoms with E-state index >= 15 is 0 Å². The lowest BCUT2D eigenvalue weighted by molar-refractivity contribution is -0.147. The summed E-state index contributed by atoms with van der Waals surface area (Å²) in [6.45, 7) is 3.00. The first-order chi connectivity index (χ1) is 10.6. The first-order valence-electron chi connectivity index (χ1n) is 7.04. The lowest BCUT2D eigenvalue weighted by Gasteiger charge is -2.22. The van der Waals surface area contributed by atoms with Gasteiger partial charge in [-0.1, -0.05) is 26.0 Å². The van der Waals surface area contributed by atoms with Crippen molar-refractivity contribution in [3.8, 4) is 0 Å². The summed E-state index contributed by atoms with van der Waals surface area (Å²) >= 11 is 0. The second kappa shape index (κ2) is 6.19. The molecule has 1 heterocycles. The molecule has 2 N–H and O–H groups in total. The number of hydrogen-bond donors (Lipinski definition) is 2. The molecule has 0 unspecified atom stereocenters. The molecule has 0 radical (unpaired) electrons. The van der Waals surface area contributed by atoms with Crippen LogP contribution in [0.3, 0.4) is 0 Å². The fourth-order valence-electron chi connectivity index (χ4n) is 2.05. The smallest absolute Gasteiger partial charge is 0.396 e. The Morgan fingerprint density at radius 2 is 1.96 bits per heavy atom. The number of aliphatic hydroxyl groups is 1. The van der Waals surface area contributed by atoms with Gasteiger partial charge in [0.2, 0.25) is 11.7 Å². The number of alkyl halides is 3. The SMILES string of the molecule is CC(C)(CO)CNC(=O)Cn1c(C(F)(F)F)nc2ccccc21. The highest BCUT2D eigenvalue weighted by Crippen LogP contribution is 2.31. The summed E-state index contributed by atoms with van der Waals surface area (Å²) < 4.78 is 40.2. The number of aliphatic hydroxyl groups excluding tert-OH is 1. The monoisotopic (exact) mass is 329 g/mol. The molecule has 0 saturated heterocycles. The van der Waals surface area contributed by atoms with Crippen molar-refractivity contribution in [3.05, 3.63) is 30.1 Å². The molecule has 1 aromatic carbocycles. The molecule has 126 valence electrons. The number of halogens is 3. The molecule has 0 saturated carbocycles. The minimum absolute atomic E-state index is 0.144. The third-order valence-electron chi connectivity index (χ3n) is 3.40. The van der Waals surface area contributed by atoms with Crippen LogP contribution in [0, 0.1) is 5.41 Å². The molecule has 0 atom stereocenters. The predicted octanol–water partition coefficient (Wildman–Crippen LogP) is 2.19. The zero-order valence-corrected chi connectivity index (χ0v) is 12.8. The summed E-state index contributed by atoms with van der Waals surface area (Å²) in [7, 11) is 0. The van der Waals surface area contributed by atoms with E-state index in [-0.39, 0.29) is 24.2 Å². The molecule has 0 bridgehead atoms. The summed E-state index contributed by atoms with van der Waals surface area (Å²) in [5.41, 5.74) is -0.112. The Morgan fingerprint density at radius 3 is 2.57 bits per heavy atom. The highest BCUT2D eigenvalue weighted by molar-refractivity contribution is 5.81. The van der Waals surface area contributed by atoms with E-state index in [2.05, 4.69) is 10.3 Å². The van der Waals surface area contributed by atoms with Crippen molar-refractivity contribution >= 4 is 16.9 Å². The number of nitrogens with one attached hydrogen (secondary N) is 1. The number of benzene rings is 1. The van der Waals surface area contributed by atoms with E-state index in [9.17, 15) is 18.0 Å². The van der Waals surface area contributed by atoms with Crippen molar-refractivity contribution in [2.45, 2.75) is 26.6 Å². The van der Waals surface area contributed by atoms with Crippen molar-refractivity contribution in [2.24, 2.45) is 5.41 Å². The zero-order chi connectivity index (χ0) is 17.3.